The van der Waals surface area contributed by atoms with Crippen LogP contribution < -0.4 is 22.2 Å². The van der Waals surface area contributed by atoms with Crippen LogP contribution in [0, 0.1) is 5.92 Å². The van der Waals surface area contributed by atoms with Gasteiger partial charge in [-0.1, -0.05) is 17.3 Å². The van der Waals surface area contributed by atoms with Crippen LogP contribution in [0.25, 0.3) is 0 Å². The summed E-state index contributed by atoms with van der Waals surface area (Å²) >= 11 is 0. The molecule has 208 valence electrons. The largest absolute Gasteiger partial charge is 0.416 e. The molecular formula is C24H33F3N8O3. The number of rotatable bonds is 12. The quantitative estimate of drug-likeness (QED) is 0.137. The third kappa shape index (κ3) is 9.34. The number of ether oxygens (including phenoxy) is 1. The molecule has 2 aromatic rings. The summed E-state index contributed by atoms with van der Waals surface area (Å²) in [6, 6.07) is 4.67. The molecule has 38 heavy (non-hydrogen) atoms. The van der Waals surface area contributed by atoms with Crippen molar-refractivity contribution in [3.8, 4) is 0 Å². The molecule has 1 atom stereocenters. The Morgan fingerprint density at radius 1 is 1.26 bits per heavy atom. The molecule has 1 aromatic heterocycles. The number of carbonyl (C=O) groups is 2. The second-order valence-corrected chi connectivity index (χ2v) is 9.07. The molecule has 2 amide bonds. The first-order valence-corrected chi connectivity index (χ1v) is 12.3. The van der Waals surface area contributed by atoms with E-state index in [2.05, 4.69) is 20.9 Å². The summed E-state index contributed by atoms with van der Waals surface area (Å²) < 4.78 is 45.4. The van der Waals surface area contributed by atoms with Gasteiger partial charge in [-0.15, -0.1) is 5.10 Å². The summed E-state index contributed by atoms with van der Waals surface area (Å²) in [6.45, 7) is 2.74. The minimum Gasteiger partial charge on any atom is -0.393 e. The zero-order valence-electron chi connectivity index (χ0n) is 20.9. The Balaban J connectivity index is 1.34. The van der Waals surface area contributed by atoms with Crippen LogP contribution in [0.1, 0.15) is 47.3 Å². The molecule has 1 aliphatic heterocycles. The lowest BCUT2D eigenvalue weighted by atomic mass is 10.0. The number of unbranched alkanes of at least 4 members (excludes halogenated alkanes) is 1. The zero-order chi connectivity index (χ0) is 27.5. The van der Waals surface area contributed by atoms with Gasteiger partial charge in [0.05, 0.1) is 18.4 Å². The minimum absolute atomic E-state index is 0.116. The predicted molar refractivity (Wildman–Crippen MR) is 132 cm³/mol. The maximum atomic E-state index is 12.8. The maximum Gasteiger partial charge on any atom is 0.416 e. The monoisotopic (exact) mass is 538 g/mol. The van der Waals surface area contributed by atoms with Crippen LogP contribution in [0.4, 0.5) is 13.2 Å². The van der Waals surface area contributed by atoms with Gasteiger partial charge in [-0.2, -0.15) is 13.2 Å². The average Bonchev–Trinajstić information content (AvgIpc) is 3.38. The molecule has 1 aromatic carbocycles. The van der Waals surface area contributed by atoms with Gasteiger partial charge in [0.2, 0.25) is 0 Å². The van der Waals surface area contributed by atoms with E-state index in [0.717, 1.165) is 31.6 Å². The lowest BCUT2D eigenvalue weighted by Gasteiger charge is -2.21. The van der Waals surface area contributed by atoms with Gasteiger partial charge in [0.15, 0.2) is 5.69 Å². The van der Waals surface area contributed by atoms with Gasteiger partial charge < -0.3 is 26.1 Å². The average molecular weight is 539 g/mol. The highest BCUT2D eigenvalue weighted by atomic mass is 19.4. The Bertz CT molecular complexity index is 1100. The smallest absolute Gasteiger partial charge is 0.393 e. The number of amides is 2. The topological polar surface area (TPSA) is 153 Å². The number of aryl methyl sites for hydroxylation is 1. The lowest BCUT2D eigenvalue weighted by Crippen LogP contribution is -2.33. The van der Waals surface area contributed by atoms with Crippen molar-refractivity contribution in [2.45, 2.75) is 44.9 Å². The molecule has 6 N–H and O–H groups in total. The van der Waals surface area contributed by atoms with Gasteiger partial charge in [-0.3, -0.25) is 14.3 Å². The second kappa shape index (κ2) is 13.8. The number of halogens is 3. The van der Waals surface area contributed by atoms with Crippen LogP contribution in [0.15, 0.2) is 42.4 Å². The summed E-state index contributed by atoms with van der Waals surface area (Å²) in [6.07, 6.45) is 1.71. The fraction of sp³-hybridized carbons (Fsp3) is 0.500. The van der Waals surface area contributed by atoms with Crippen molar-refractivity contribution in [1.82, 2.24) is 30.6 Å². The Hall–Kier alpha value is -3.65. The molecule has 0 aliphatic carbocycles. The summed E-state index contributed by atoms with van der Waals surface area (Å²) in [5, 5.41) is 14.5. The van der Waals surface area contributed by atoms with Gasteiger partial charge in [-0.25, -0.2) is 5.84 Å². The first-order valence-electron chi connectivity index (χ1n) is 12.3. The highest BCUT2D eigenvalue weighted by molar-refractivity contribution is 5.92. The number of hydrogen-bond acceptors (Lipinski definition) is 8. The van der Waals surface area contributed by atoms with E-state index in [4.69, 9.17) is 16.3 Å². The predicted octanol–water partition coefficient (Wildman–Crippen LogP) is 1.53. The van der Waals surface area contributed by atoms with Crippen molar-refractivity contribution in [3.05, 3.63) is 59.2 Å². The number of benzene rings is 1. The van der Waals surface area contributed by atoms with Crippen LogP contribution >= 0.6 is 0 Å². The molecular weight excluding hydrogens is 505 g/mol. The van der Waals surface area contributed by atoms with E-state index in [1.807, 2.05) is 0 Å². The Kier molecular flexibility index (Phi) is 10.5. The molecule has 1 unspecified atom stereocenters. The Morgan fingerprint density at radius 3 is 2.82 bits per heavy atom. The van der Waals surface area contributed by atoms with Gasteiger partial charge in [0.1, 0.15) is 5.70 Å². The number of alkyl halides is 3. The molecule has 0 bridgehead atoms. The van der Waals surface area contributed by atoms with Crippen molar-refractivity contribution >= 4 is 11.8 Å². The first-order chi connectivity index (χ1) is 18.1. The summed E-state index contributed by atoms with van der Waals surface area (Å²) in [4.78, 5) is 24.4. The number of hydrogen-bond donors (Lipinski definition) is 4. The molecule has 0 spiro atoms. The molecule has 0 saturated carbocycles. The molecule has 14 heteroatoms. The molecule has 1 aliphatic rings. The maximum absolute atomic E-state index is 12.8. The molecule has 0 radical (unpaired) electrons. The van der Waals surface area contributed by atoms with Gasteiger partial charge >= 0.3 is 6.18 Å². The Labute approximate surface area is 218 Å². The molecule has 1 saturated heterocycles. The van der Waals surface area contributed by atoms with E-state index < -0.39 is 17.6 Å². The second-order valence-electron chi connectivity index (χ2n) is 9.07. The van der Waals surface area contributed by atoms with Crippen molar-refractivity contribution in [2.75, 3.05) is 26.3 Å². The van der Waals surface area contributed by atoms with E-state index in [1.165, 1.54) is 23.3 Å². The highest BCUT2D eigenvalue weighted by Crippen LogP contribution is 2.29. The number of hydrazine groups is 1. The number of nitrogens with two attached hydrogens (primary N) is 2. The van der Waals surface area contributed by atoms with Crippen molar-refractivity contribution < 1.29 is 27.5 Å². The lowest BCUT2D eigenvalue weighted by molar-refractivity contribution is -0.137. The summed E-state index contributed by atoms with van der Waals surface area (Å²) in [5.41, 5.74) is 5.32. The molecule has 1 fully saturated rings. The molecule has 3 rings (SSSR count). The van der Waals surface area contributed by atoms with Crippen LogP contribution in [-0.2, 0) is 28.8 Å². The number of nitrogens with zero attached hydrogens (tertiary/aromatic N) is 4. The zero-order valence-corrected chi connectivity index (χ0v) is 20.9. The van der Waals surface area contributed by atoms with Crippen LogP contribution in [0.5, 0.6) is 0 Å². The fourth-order valence-corrected chi connectivity index (χ4v) is 3.82. The third-order valence-corrected chi connectivity index (χ3v) is 5.91. The van der Waals surface area contributed by atoms with E-state index in [1.54, 1.807) is 10.9 Å². The van der Waals surface area contributed by atoms with Gasteiger partial charge in [-0.05, 0) is 49.3 Å². The fourth-order valence-electron chi connectivity index (χ4n) is 3.82. The minimum atomic E-state index is -4.46. The Morgan fingerprint density at radius 2 is 2.08 bits per heavy atom. The normalized spacial score (nSPS) is 16.2. The standard InChI is InChI=1S/C24H33F3N8O3/c25-24(26,27)19-7-3-5-17(11-19)12-30-22(36)20(28)14-34(29)8-1-2-9-35-15-21(32-33-35)23(37)31-13-18-6-4-10-38-16-18/h3,5,7,11,14-15,18H,1-2,4,6,8-10,12-13,16,28-29H2,(H,30,36)(H,31,37)/b20-14-. The number of nitrogens with one attached hydrogen (secondary N) is 2. The van der Waals surface area contributed by atoms with E-state index in [9.17, 15) is 22.8 Å². The first kappa shape index (κ1) is 28.9. The summed E-state index contributed by atoms with van der Waals surface area (Å²) in [5.74, 6) is 5.27. The SMILES string of the molecule is N/C(=C\N(N)CCCCn1cc(C(=O)NCC2CCCOC2)nn1)C(=O)NCc1cccc(C(F)(F)F)c1. The summed E-state index contributed by atoms with van der Waals surface area (Å²) in [7, 11) is 0. The van der Waals surface area contributed by atoms with E-state index in [0.29, 0.717) is 45.0 Å². The van der Waals surface area contributed by atoms with Crippen LogP contribution in [-0.4, -0.2) is 58.1 Å². The number of carbonyl (C=O) groups excluding carboxylic acids is 2. The van der Waals surface area contributed by atoms with Gasteiger partial charge in [0.25, 0.3) is 11.8 Å². The van der Waals surface area contributed by atoms with Gasteiger partial charge in [0, 0.05) is 39.0 Å². The molecule has 11 nitrogen and oxygen atoms in total. The van der Waals surface area contributed by atoms with E-state index in [-0.39, 0.29) is 29.4 Å². The van der Waals surface area contributed by atoms with Crippen molar-refractivity contribution in [2.24, 2.45) is 17.5 Å². The van der Waals surface area contributed by atoms with Crippen molar-refractivity contribution in [3.63, 3.8) is 0 Å². The molecule has 2 heterocycles. The number of aromatic nitrogens is 3. The van der Waals surface area contributed by atoms with E-state index >= 15 is 0 Å². The highest BCUT2D eigenvalue weighted by Gasteiger charge is 2.30. The van der Waals surface area contributed by atoms with Crippen LogP contribution in [0.2, 0.25) is 0 Å². The van der Waals surface area contributed by atoms with Crippen molar-refractivity contribution in [1.29, 1.82) is 0 Å². The third-order valence-electron chi connectivity index (χ3n) is 5.91. The van der Waals surface area contributed by atoms with Crippen LogP contribution in [0.3, 0.4) is 0 Å².